The van der Waals surface area contributed by atoms with E-state index in [0.29, 0.717) is 11.8 Å². The van der Waals surface area contributed by atoms with Gasteiger partial charge in [0.15, 0.2) is 12.4 Å². The van der Waals surface area contributed by atoms with Crippen LogP contribution in [-0.2, 0) is 6.54 Å². The molecule has 0 spiro atoms. The SMILES string of the molecule is CNC1CCC(N(Cc2cc(-c3cc[nH+]cc3)ccc2OC)C(=O)c2sc3c(F)ccc(F)c3c2Cl)CC1. The summed E-state index contributed by atoms with van der Waals surface area (Å²) in [6.07, 6.45) is 7.17. The number of hydrogen-bond donors (Lipinski definition) is 1. The summed E-state index contributed by atoms with van der Waals surface area (Å²) in [6, 6.07) is 12.3. The monoisotopic (exact) mass is 556 g/mol. The first-order valence-electron chi connectivity index (χ1n) is 12.6. The standard InChI is InChI=1S/C29H28ClF2N3O2S/c1-33-20-4-6-21(7-5-20)35(29(36)28-26(30)25-22(31)8-9-23(32)27(25)38-28)16-19-15-18(3-10-24(19)37-2)17-11-13-34-14-12-17/h3,8-15,20-21,33H,4-7,16H2,1-2H3/p+1. The highest BCUT2D eigenvalue weighted by Gasteiger charge is 2.33. The number of aromatic amines is 1. The van der Waals surface area contributed by atoms with E-state index >= 15 is 0 Å². The van der Waals surface area contributed by atoms with E-state index in [2.05, 4.69) is 10.3 Å². The summed E-state index contributed by atoms with van der Waals surface area (Å²) < 4.78 is 34.9. The Morgan fingerprint density at radius 1 is 1.08 bits per heavy atom. The summed E-state index contributed by atoms with van der Waals surface area (Å²) in [4.78, 5) is 19.1. The minimum atomic E-state index is -0.641. The van der Waals surface area contributed by atoms with Gasteiger partial charge < -0.3 is 15.0 Å². The molecule has 5 rings (SSSR count). The third kappa shape index (κ3) is 5.13. The summed E-state index contributed by atoms with van der Waals surface area (Å²) in [6.45, 7) is 0.277. The quantitative estimate of drug-likeness (QED) is 0.283. The molecule has 1 aliphatic carbocycles. The fraction of sp³-hybridized carbons (Fsp3) is 0.310. The molecular weight excluding hydrogens is 528 g/mol. The molecule has 2 aromatic heterocycles. The molecule has 0 unspecified atom stereocenters. The second-order valence-electron chi connectivity index (χ2n) is 9.52. The molecule has 0 radical (unpaired) electrons. The molecule has 4 aromatic rings. The number of hydrogen-bond acceptors (Lipinski definition) is 4. The highest BCUT2D eigenvalue weighted by molar-refractivity contribution is 7.21. The average Bonchev–Trinajstić information content (AvgIpc) is 3.32. The van der Waals surface area contributed by atoms with Crippen LogP contribution in [0.25, 0.3) is 21.2 Å². The number of halogens is 3. The maximum absolute atomic E-state index is 14.6. The predicted octanol–water partition coefficient (Wildman–Crippen LogP) is 6.50. The van der Waals surface area contributed by atoms with Gasteiger partial charge in [-0.3, -0.25) is 4.79 Å². The number of thiophene rings is 1. The van der Waals surface area contributed by atoms with E-state index in [1.54, 1.807) is 12.0 Å². The Balaban J connectivity index is 1.56. The lowest BCUT2D eigenvalue weighted by Gasteiger charge is -2.37. The molecule has 0 atom stereocenters. The fourth-order valence-electron chi connectivity index (χ4n) is 5.25. The number of rotatable bonds is 7. The maximum Gasteiger partial charge on any atom is 0.266 e. The molecule has 2 aromatic carbocycles. The average molecular weight is 557 g/mol. The largest absolute Gasteiger partial charge is 0.496 e. The minimum Gasteiger partial charge on any atom is -0.496 e. The number of amides is 1. The van der Waals surface area contributed by atoms with Crippen LogP contribution in [-0.4, -0.2) is 37.0 Å². The summed E-state index contributed by atoms with van der Waals surface area (Å²) in [5.41, 5.74) is 2.86. The normalized spacial score (nSPS) is 17.5. The zero-order valence-electron chi connectivity index (χ0n) is 21.2. The molecule has 0 aliphatic heterocycles. The summed E-state index contributed by atoms with van der Waals surface area (Å²) in [5.74, 6) is -0.901. The van der Waals surface area contributed by atoms with Crippen LogP contribution in [0.4, 0.5) is 8.78 Å². The third-order valence-electron chi connectivity index (χ3n) is 7.36. The molecule has 1 aliphatic rings. The first-order valence-corrected chi connectivity index (χ1v) is 13.8. The lowest BCUT2D eigenvalue weighted by molar-refractivity contribution is -0.377. The number of fused-ring (bicyclic) bond motifs is 1. The Morgan fingerprint density at radius 3 is 2.45 bits per heavy atom. The number of ether oxygens (including phenoxy) is 1. The van der Waals surface area contributed by atoms with Crippen LogP contribution in [0.5, 0.6) is 5.75 Å². The number of nitrogens with zero attached hydrogens (tertiary/aromatic N) is 1. The van der Waals surface area contributed by atoms with E-state index in [4.69, 9.17) is 16.3 Å². The van der Waals surface area contributed by atoms with Crippen molar-refractivity contribution < 1.29 is 23.3 Å². The first kappa shape index (κ1) is 26.5. The van der Waals surface area contributed by atoms with Crippen LogP contribution < -0.4 is 15.0 Å². The van der Waals surface area contributed by atoms with Crippen molar-refractivity contribution in [1.82, 2.24) is 10.2 Å². The van der Waals surface area contributed by atoms with Gasteiger partial charge >= 0.3 is 0 Å². The van der Waals surface area contributed by atoms with E-state index < -0.39 is 11.6 Å². The van der Waals surface area contributed by atoms with Gasteiger partial charge in [0, 0.05) is 36.3 Å². The van der Waals surface area contributed by atoms with E-state index in [9.17, 15) is 13.6 Å². The van der Waals surface area contributed by atoms with Gasteiger partial charge in [-0.2, -0.15) is 0 Å². The van der Waals surface area contributed by atoms with Crippen molar-refractivity contribution in [3.63, 3.8) is 0 Å². The lowest BCUT2D eigenvalue weighted by atomic mass is 9.89. The number of carbonyl (C=O) groups excluding carboxylic acids is 1. The van der Waals surface area contributed by atoms with Crippen LogP contribution in [0.15, 0.2) is 54.9 Å². The van der Waals surface area contributed by atoms with Crippen LogP contribution >= 0.6 is 22.9 Å². The van der Waals surface area contributed by atoms with Crippen LogP contribution in [0.1, 0.15) is 40.9 Å². The van der Waals surface area contributed by atoms with Crippen LogP contribution in [0.2, 0.25) is 5.02 Å². The van der Waals surface area contributed by atoms with Crippen molar-refractivity contribution in [2.24, 2.45) is 0 Å². The topological polar surface area (TPSA) is 55.7 Å². The first-order chi connectivity index (χ1) is 18.4. The van der Waals surface area contributed by atoms with E-state index in [0.717, 1.165) is 65.8 Å². The van der Waals surface area contributed by atoms with Gasteiger partial charge in [-0.05, 0) is 68.1 Å². The molecule has 198 valence electrons. The van der Waals surface area contributed by atoms with Gasteiger partial charge in [-0.1, -0.05) is 17.7 Å². The summed E-state index contributed by atoms with van der Waals surface area (Å²) in [5, 5.41) is 3.25. The van der Waals surface area contributed by atoms with Crippen molar-refractivity contribution in [2.75, 3.05) is 14.2 Å². The molecule has 1 amide bonds. The zero-order valence-corrected chi connectivity index (χ0v) is 22.8. The Bertz CT molecular complexity index is 1460. The summed E-state index contributed by atoms with van der Waals surface area (Å²) >= 11 is 7.45. The number of benzene rings is 2. The van der Waals surface area contributed by atoms with Gasteiger partial charge in [-0.25, -0.2) is 13.8 Å². The zero-order chi connectivity index (χ0) is 26.8. The molecule has 5 nitrogen and oxygen atoms in total. The van der Waals surface area contributed by atoms with E-state index in [1.807, 2.05) is 49.8 Å². The molecule has 1 saturated carbocycles. The number of carbonyl (C=O) groups is 1. The summed E-state index contributed by atoms with van der Waals surface area (Å²) in [7, 11) is 3.56. The lowest BCUT2D eigenvalue weighted by Crippen LogP contribution is -2.44. The van der Waals surface area contributed by atoms with Gasteiger partial charge in [0.05, 0.1) is 22.2 Å². The molecule has 2 N–H and O–H groups in total. The van der Waals surface area contributed by atoms with Gasteiger partial charge in [0.2, 0.25) is 0 Å². The second kappa shape index (κ2) is 11.4. The van der Waals surface area contributed by atoms with Crippen molar-refractivity contribution in [1.29, 1.82) is 0 Å². The highest BCUT2D eigenvalue weighted by atomic mass is 35.5. The Hall–Kier alpha value is -3.07. The molecule has 0 saturated heterocycles. The molecule has 2 heterocycles. The minimum absolute atomic E-state index is 0.0397. The Labute approximate surface area is 229 Å². The van der Waals surface area contributed by atoms with E-state index in [-0.39, 0.29) is 38.5 Å². The molecule has 0 bridgehead atoms. The van der Waals surface area contributed by atoms with E-state index in [1.165, 1.54) is 0 Å². The molecular formula is C29H29ClF2N3O2S+. The van der Waals surface area contributed by atoms with Gasteiger partial charge in [0.1, 0.15) is 22.3 Å². The molecule has 38 heavy (non-hydrogen) atoms. The van der Waals surface area contributed by atoms with Crippen molar-refractivity contribution >= 4 is 38.9 Å². The number of pyridine rings is 1. The maximum atomic E-state index is 14.6. The second-order valence-corrected chi connectivity index (χ2v) is 10.9. The van der Waals surface area contributed by atoms with Crippen molar-refractivity contribution in [3.05, 3.63) is 82.0 Å². The van der Waals surface area contributed by atoms with Crippen molar-refractivity contribution in [3.8, 4) is 16.9 Å². The van der Waals surface area contributed by atoms with Crippen molar-refractivity contribution in [2.45, 2.75) is 44.3 Å². The number of methoxy groups -OCH3 is 1. The van der Waals surface area contributed by atoms with Gasteiger partial charge in [-0.15, -0.1) is 11.3 Å². The van der Waals surface area contributed by atoms with Crippen LogP contribution in [0, 0.1) is 11.6 Å². The Morgan fingerprint density at radius 2 is 1.79 bits per heavy atom. The van der Waals surface area contributed by atoms with Crippen LogP contribution in [0.3, 0.4) is 0 Å². The number of H-pyrrole nitrogens is 1. The predicted molar refractivity (Wildman–Crippen MR) is 147 cm³/mol. The smallest absolute Gasteiger partial charge is 0.266 e. The Kier molecular flexibility index (Phi) is 7.93. The molecule has 9 heteroatoms. The third-order valence-corrected chi connectivity index (χ3v) is 9.03. The highest BCUT2D eigenvalue weighted by Crippen LogP contribution is 2.40. The molecule has 1 fully saturated rings. The number of aromatic nitrogens is 1. The number of nitrogens with one attached hydrogen (secondary N) is 2. The fourth-order valence-corrected chi connectivity index (χ4v) is 6.76. The van der Waals surface area contributed by atoms with Gasteiger partial charge in [0.25, 0.3) is 5.91 Å².